The molecule has 6 atom stereocenters. The molecule has 49 heavy (non-hydrogen) atoms. The van der Waals surface area contributed by atoms with Crippen LogP contribution in [0.2, 0.25) is 0 Å². The first-order valence-corrected chi connectivity index (χ1v) is 15.3. The van der Waals surface area contributed by atoms with Gasteiger partial charge in [-0.15, -0.1) is 0 Å². The van der Waals surface area contributed by atoms with E-state index < -0.39 is 122 Å². The Bertz CT molecular complexity index is 1230. The minimum absolute atomic E-state index is 0.0203. The van der Waals surface area contributed by atoms with E-state index in [0.717, 1.165) is 4.90 Å². The fourth-order valence-electron chi connectivity index (χ4n) is 4.79. The highest BCUT2D eigenvalue weighted by Gasteiger charge is 2.40. The molecule has 1 rings (SSSR count). The minimum Gasteiger partial charge on any atom is -0.480 e. The van der Waals surface area contributed by atoms with Crippen LogP contribution in [0.3, 0.4) is 0 Å². The number of aliphatic carboxylic acids is 1. The van der Waals surface area contributed by atoms with Crippen LogP contribution in [0.5, 0.6) is 0 Å². The smallest absolute Gasteiger partial charge is 0.328 e. The van der Waals surface area contributed by atoms with Crippen LogP contribution in [0.1, 0.15) is 44.9 Å². The van der Waals surface area contributed by atoms with E-state index in [-0.39, 0.29) is 25.9 Å². The molecule has 0 bridgehead atoms. The Morgan fingerprint density at radius 3 is 1.76 bits per heavy atom. The highest BCUT2D eigenvalue weighted by Crippen LogP contribution is 2.20. The van der Waals surface area contributed by atoms with Crippen molar-refractivity contribution in [2.45, 2.75) is 81.2 Å². The van der Waals surface area contributed by atoms with Crippen LogP contribution in [-0.4, -0.2) is 143 Å². The summed E-state index contributed by atoms with van der Waals surface area (Å²) in [6.45, 7) is -2.25. The lowest BCUT2D eigenvalue weighted by atomic mass is 10.1. The van der Waals surface area contributed by atoms with E-state index in [9.17, 15) is 58.5 Å². The maximum absolute atomic E-state index is 13.6. The fourth-order valence-corrected chi connectivity index (χ4v) is 4.79. The second-order valence-corrected chi connectivity index (χ2v) is 11.1. The lowest BCUT2D eigenvalue weighted by Gasteiger charge is -2.30. The second-order valence-electron chi connectivity index (χ2n) is 11.1. The van der Waals surface area contributed by atoms with Gasteiger partial charge in [-0.05, 0) is 38.6 Å². The summed E-state index contributed by atoms with van der Waals surface area (Å²) in [7, 11) is 0. The first kappa shape index (κ1) is 42.1. The highest BCUT2D eigenvalue weighted by molar-refractivity contribution is 5.99. The number of carboxylic acids is 1. The number of unbranched alkanes of at least 4 members (excludes halogenated alkanes) is 1. The molecule has 0 unspecified atom stereocenters. The van der Waals surface area contributed by atoms with Gasteiger partial charge in [-0.25, -0.2) is 4.79 Å². The second kappa shape index (κ2) is 21.1. The summed E-state index contributed by atoms with van der Waals surface area (Å²) in [5, 5.41) is 39.3. The SMILES string of the molecule is NCCCC[C@H](NC(=O)[C@@H]1CCCN1C(=O)[C@H](CC(N)=O)NC(=O)[C@H](CO)NC(=O)[C@H](CC(N)=O)NC(=O)CN)C(=O)N[C@@H](CO)C(=O)O. The molecule has 0 aromatic heterocycles. The van der Waals surface area contributed by atoms with Gasteiger partial charge in [-0.3, -0.25) is 38.4 Å². The summed E-state index contributed by atoms with van der Waals surface area (Å²) in [5.41, 5.74) is 21.1. The molecule has 16 N–H and O–H groups in total. The first-order chi connectivity index (χ1) is 23.1. The van der Waals surface area contributed by atoms with Crippen LogP contribution < -0.4 is 49.5 Å². The molecule has 1 aliphatic rings. The molecule has 8 amide bonds. The van der Waals surface area contributed by atoms with Gasteiger partial charge in [-0.1, -0.05) is 0 Å². The normalized spacial score (nSPS) is 17.0. The van der Waals surface area contributed by atoms with E-state index in [1.54, 1.807) is 0 Å². The zero-order valence-electron chi connectivity index (χ0n) is 26.7. The average Bonchev–Trinajstić information content (AvgIpc) is 3.54. The lowest BCUT2D eigenvalue weighted by molar-refractivity contribution is -0.144. The van der Waals surface area contributed by atoms with Crippen molar-refractivity contribution in [3.63, 3.8) is 0 Å². The number of nitrogens with two attached hydrogens (primary N) is 4. The van der Waals surface area contributed by atoms with E-state index in [1.807, 2.05) is 0 Å². The zero-order chi connectivity index (χ0) is 37.3. The number of aliphatic hydroxyl groups excluding tert-OH is 2. The summed E-state index contributed by atoms with van der Waals surface area (Å²) in [5.74, 6) is -9.30. The van der Waals surface area contributed by atoms with Crippen molar-refractivity contribution in [1.82, 2.24) is 31.5 Å². The number of rotatable bonds is 22. The number of aliphatic hydroxyl groups is 2. The maximum Gasteiger partial charge on any atom is 0.328 e. The molecule has 1 fully saturated rings. The van der Waals surface area contributed by atoms with Crippen molar-refractivity contribution >= 4 is 53.2 Å². The van der Waals surface area contributed by atoms with Gasteiger partial charge in [0.25, 0.3) is 0 Å². The molecule has 1 aliphatic heterocycles. The van der Waals surface area contributed by atoms with Crippen LogP contribution in [0.15, 0.2) is 0 Å². The number of carboxylic acid groups (broad SMARTS) is 1. The van der Waals surface area contributed by atoms with Crippen LogP contribution in [0.4, 0.5) is 0 Å². The molecule has 0 aromatic rings. The third-order valence-corrected chi connectivity index (χ3v) is 7.29. The van der Waals surface area contributed by atoms with Crippen molar-refractivity contribution in [3.8, 4) is 0 Å². The van der Waals surface area contributed by atoms with Gasteiger partial charge in [0.2, 0.25) is 47.3 Å². The van der Waals surface area contributed by atoms with E-state index in [4.69, 9.17) is 22.9 Å². The van der Waals surface area contributed by atoms with Gasteiger partial charge in [0, 0.05) is 6.54 Å². The molecule has 0 spiro atoms. The molecule has 276 valence electrons. The van der Waals surface area contributed by atoms with E-state index in [1.165, 1.54) is 0 Å². The zero-order valence-corrected chi connectivity index (χ0v) is 26.7. The number of hydrogen-bond donors (Lipinski definition) is 12. The molecular formula is C27H46N10O12. The van der Waals surface area contributed by atoms with E-state index in [0.29, 0.717) is 19.3 Å². The minimum atomic E-state index is -1.76. The summed E-state index contributed by atoms with van der Waals surface area (Å²) >= 11 is 0. The molecule has 22 heteroatoms. The van der Waals surface area contributed by atoms with E-state index in [2.05, 4.69) is 26.6 Å². The number of primary amides is 2. The Hall–Kier alpha value is -4.93. The first-order valence-electron chi connectivity index (χ1n) is 15.3. The maximum atomic E-state index is 13.6. The number of likely N-dealkylation sites (tertiary alicyclic amines) is 1. The van der Waals surface area contributed by atoms with Gasteiger partial charge in [0.05, 0.1) is 32.6 Å². The van der Waals surface area contributed by atoms with Crippen LogP contribution >= 0.6 is 0 Å². The fraction of sp³-hybridized carbons (Fsp3) is 0.667. The highest BCUT2D eigenvalue weighted by atomic mass is 16.4. The molecular weight excluding hydrogens is 656 g/mol. The Kier molecular flexibility index (Phi) is 18.1. The Morgan fingerprint density at radius 2 is 1.22 bits per heavy atom. The standard InChI is InChI=1S/C27H46N10O12/c28-6-2-1-4-13(22(43)36-17(12-39)27(48)49)33-25(46)18-5-3-7-37(18)26(47)15(9-20(31)41)34-24(45)16(11-38)35-23(44)14(8-19(30)40)32-21(42)10-29/h13-18,38-39H,1-12,28-29H2,(H2,30,40)(H2,31,41)(H,32,42)(H,33,46)(H,34,45)(H,35,44)(H,36,43)(H,48,49)/t13-,14-,15-,16-,17-,18-/m0/s1. The molecule has 0 radical (unpaired) electrons. The van der Waals surface area contributed by atoms with Crippen LogP contribution in [-0.2, 0) is 43.2 Å². The number of carbonyl (C=O) groups excluding carboxylic acids is 8. The third kappa shape index (κ3) is 14.0. The van der Waals surface area contributed by atoms with Crippen molar-refractivity contribution in [2.24, 2.45) is 22.9 Å². The predicted octanol–water partition coefficient (Wildman–Crippen LogP) is -7.69. The number of carbonyl (C=O) groups is 9. The number of nitrogens with zero attached hydrogens (tertiary/aromatic N) is 1. The van der Waals surface area contributed by atoms with Crippen molar-refractivity contribution in [3.05, 3.63) is 0 Å². The van der Waals surface area contributed by atoms with Crippen molar-refractivity contribution in [1.29, 1.82) is 0 Å². The Balaban J connectivity index is 3.15. The molecule has 1 saturated heterocycles. The molecule has 0 saturated carbocycles. The molecule has 22 nitrogen and oxygen atoms in total. The van der Waals surface area contributed by atoms with Gasteiger partial charge >= 0.3 is 5.97 Å². The monoisotopic (exact) mass is 702 g/mol. The van der Waals surface area contributed by atoms with E-state index >= 15 is 0 Å². The predicted molar refractivity (Wildman–Crippen MR) is 166 cm³/mol. The molecule has 1 heterocycles. The van der Waals surface area contributed by atoms with Crippen LogP contribution in [0, 0.1) is 0 Å². The summed E-state index contributed by atoms with van der Waals surface area (Å²) in [6.07, 6.45) is -0.188. The number of nitrogens with one attached hydrogen (secondary N) is 5. The van der Waals surface area contributed by atoms with Gasteiger partial charge in [-0.2, -0.15) is 0 Å². The Labute approximate surface area is 280 Å². The third-order valence-electron chi connectivity index (χ3n) is 7.29. The molecule has 0 aromatic carbocycles. The van der Waals surface area contributed by atoms with Crippen LogP contribution in [0.25, 0.3) is 0 Å². The summed E-state index contributed by atoms with van der Waals surface area (Å²) < 4.78 is 0. The van der Waals surface area contributed by atoms with Crippen molar-refractivity contribution < 1.29 is 58.5 Å². The topological polar surface area (TPSA) is 382 Å². The van der Waals surface area contributed by atoms with Crippen molar-refractivity contribution in [2.75, 3.05) is 32.8 Å². The van der Waals surface area contributed by atoms with Gasteiger partial charge in [0.15, 0.2) is 0 Å². The average molecular weight is 703 g/mol. The number of hydrogen-bond acceptors (Lipinski definition) is 13. The quantitative estimate of drug-likeness (QED) is 0.0466. The lowest BCUT2D eigenvalue weighted by Crippen LogP contribution is -2.60. The molecule has 0 aliphatic carbocycles. The van der Waals surface area contributed by atoms with Gasteiger partial charge < -0.3 is 69.7 Å². The Morgan fingerprint density at radius 1 is 0.694 bits per heavy atom. The largest absolute Gasteiger partial charge is 0.480 e. The summed E-state index contributed by atoms with van der Waals surface area (Å²) in [4.78, 5) is 113. The number of amides is 8. The summed E-state index contributed by atoms with van der Waals surface area (Å²) in [6, 6.07) is -9.13. The van der Waals surface area contributed by atoms with Gasteiger partial charge in [0.1, 0.15) is 36.3 Å².